The predicted molar refractivity (Wildman–Crippen MR) is 91.0 cm³/mol. The second-order valence-electron chi connectivity index (χ2n) is 5.99. The number of rotatable bonds is 6. The SMILES string of the molecule is Cc1nc(C2(NCC(=O)Nc3nc(-c4ccco4)cs3)CCC2)no1. The lowest BCUT2D eigenvalue weighted by Gasteiger charge is -2.39. The van der Waals surface area contributed by atoms with Crippen LogP contribution in [-0.4, -0.2) is 27.6 Å². The Morgan fingerprint density at radius 3 is 2.92 bits per heavy atom. The van der Waals surface area contributed by atoms with E-state index in [0.29, 0.717) is 28.3 Å². The van der Waals surface area contributed by atoms with E-state index in [4.69, 9.17) is 8.94 Å². The number of hydrogen-bond acceptors (Lipinski definition) is 8. The molecule has 0 radical (unpaired) electrons. The van der Waals surface area contributed by atoms with Crippen LogP contribution in [0.15, 0.2) is 32.7 Å². The number of amides is 1. The van der Waals surface area contributed by atoms with Gasteiger partial charge in [-0.15, -0.1) is 11.3 Å². The third-order valence-corrected chi connectivity index (χ3v) is 5.03. The van der Waals surface area contributed by atoms with Crippen molar-refractivity contribution < 1.29 is 13.7 Å². The fourth-order valence-electron chi connectivity index (χ4n) is 2.78. The van der Waals surface area contributed by atoms with Crippen LogP contribution in [0.25, 0.3) is 11.5 Å². The molecule has 3 aromatic rings. The fourth-order valence-corrected chi connectivity index (χ4v) is 3.50. The van der Waals surface area contributed by atoms with Crippen LogP contribution < -0.4 is 10.6 Å². The lowest BCUT2D eigenvalue weighted by molar-refractivity contribution is -0.116. The van der Waals surface area contributed by atoms with Crippen molar-refractivity contribution in [3.63, 3.8) is 0 Å². The van der Waals surface area contributed by atoms with E-state index >= 15 is 0 Å². The summed E-state index contributed by atoms with van der Waals surface area (Å²) in [4.78, 5) is 20.9. The number of carbonyl (C=O) groups excluding carboxylic acids is 1. The molecule has 0 unspecified atom stereocenters. The molecule has 0 aliphatic heterocycles. The maximum atomic E-state index is 12.2. The largest absolute Gasteiger partial charge is 0.463 e. The van der Waals surface area contributed by atoms with Crippen molar-refractivity contribution in [2.75, 3.05) is 11.9 Å². The van der Waals surface area contributed by atoms with E-state index in [-0.39, 0.29) is 18.0 Å². The molecule has 1 saturated carbocycles. The number of carbonyl (C=O) groups is 1. The van der Waals surface area contributed by atoms with Crippen LogP contribution in [0.3, 0.4) is 0 Å². The zero-order valence-electron chi connectivity index (χ0n) is 13.6. The molecule has 0 aromatic carbocycles. The zero-order valence-corrected chi connectivity index (χ0v) is 14.4. The second kappa shape index (κ2) is 6.41. The summed E-state index contributed by atoms with van der Waals surface area (Å²) in [5.74, 6) is 1.67. The van der Waals surface area contributed by atoms with E-state index in [1.54, 1.807) is 19.3 Å². The van der Waals surface area contributed by atoms with Gasteiger partial charge in [-0.1, -0.05) is 5.16 Å². The summed E-state index contributed by atoms with van der Waals surface area (Å²) in [6.07, 6.45) is 4.44. The molecule has 0 atom stereocenters. The number of nitrogens with one attached hydrogen (secondary N) is 2. The molecule has 1 aliphatic carbocycles. The standard InChI is InChI=1S/C16H17N5O3S/c1-10-18-14(21-24-10)16(5-3-6-16)17-8-13(22)20-15-19-11(9-25-15)12-4-2-7-23-12/h2,4,7,9,17H,3,5-6,8H2,1H3,(H,19,20,22). The Morgan fingerprint density at radius 2 is 2.28 bits per heavy atom. The Hall–Kier alpha value is -2.52. The average molecular weight is 359 g/mol. The first-order chi connectivity index (χ1) is 12.1. The summed E-state index contributed by atoms with van der Waals surface area (Å²) in [6, 6.07) is 3.63. The summed E-state index contributed by atoms with van der Waals surface area (Å²) in [5.41, 5.74) is 0.341. The molecule has 4 rings (SSSR count). The van der Waals surface area contributed by atoms with Gasteiger partial charge in [-0.25, -0.2) is 4.98 Å². The predicted octanol–water partition coefficient (Wildman–Crippen LogP) is 2.70. The third-order valence-electron chi connectivity index (χ3n) is 4.27. The van der Waals surface area contributed by atoms with Crippen LogP contribution in [0.5, 0.6) is 0 Å². The Labute approximate surface area is 147 Å². The third kappa shape index (κ3) is 3.20. The molecule has 3 heterocycles. The van der Waals surface area contributed by atoms with Crippen LogP contribution in [0.1, 0.15) is 31.0 Å². The van der Waals surface area contributed by atoms with Crippen LogP contribution in [0.4, 0.5) is 5.13 Å². The molecule has 2 N–H and O–H groups in total. The molecule has 130 valence electrons. The molecule has 8 nitrogen and oxygen atoms in total. The smallest absolute Gasteiger partial charge is 0.240 e. The molecule has 3 aromatic heterocycles. The van der Waals surface area contributed by atoms with E-state index in [0.717, 1.165) is 19.3 Å². The number of anilines is 1. The lowest BCUT2D eigenvalue weighted by atomic mass is 9.76. The molecule has 1 fully saturated rings. The molecule has 0 spiro atoms. The summed E-state index contributed by atoms with van der Waals surface area (Å²) >= 11 is 1.36. The van der Waals surface area contributed by atoms with Crippen LogP contribution in [0, 0.1) is 6.92 Å². The minimum Gasteiger partial charge on any atom is -0.463 e. The van der Waals surface area contributed by atoms with Crippen molar-refractivity contribution in [2.45, 2.75) is 31.7 Å². The maximum Gasteiger partial charge on any atom is 0.240 e. The first kappa shape index (κ1) is 16.0. The highest BCUT2D eigenvalue weighted by atomic mass is 32.1. The quantitative estimate of drug-likeness (QED) is 0.697. The number of thiazole rings is 1. The Morgan fingerprint density at radius 1 is 1.40 bits per heavy atom. The zero-order chi connectivity index (χ0) is 17.3. The van der Waals surface area contributed by atoms with Gasteiger partial charge in [-0.3, -0.25) is 10.1 Å². The minimum absolute atomic E-state index is 0.156. The van der Waals surface area contributed by atoms with Crippen molar-refractivity contribution in [1.29, 1.82) is 0 Å². The van der Waals surface area contributed by atoms with Crippen LogP contribution in [-0.2, 0) is 10.3 Å². The fraction of sp³-hybridized carbons (Fsp3) is 0.375. The van der Waals surface area contributed by atoms with Gasteiger partial charge in [0.15, 0.2) is 16.7 Å². The molecular weight excluding hydrogens is 342 g/mol. The second-order valence-corrected chi connectivity index (χ2v) is 6.85. The lowest BCUT2D eigenvalue weighted by Crippen LogP contribution is -2.51. The Balaban J connectivity index is 1.36. The number of aromatic nitrogens is 3. The number of nitrogens with zero attached hydrogens (tertiary/aromatic N) is 3. The summed E-state index contributed by atoms with van der Waals surface area (Å²) in [5, 5.41) is 12.5. The van der Waals surface area contributed by atoms with Crippen LogP contribution in [0.2, 0.25) is 0 Å². The first-order valence-corrected chi connectivity index (χ1v) is 8.88. The number of hydrogen-bond donors (Lipinski definition) is 2. The first-order valence-electron chi connectivity index (χ1n) is 8.00. The Bertz CT molecular complexity index is 866. The van der Waals surface area contributed by atoms with E-state index in [1.807, 2.05) is 11.4 Å². The summed E-state index contributed by atoms with van der Waals surface area (Å²) in [7, 11) is 0. The van der Waals surface area contributed by atoms with Gasteiger partial charge in [-0.05, 0) is 31.4 Å². The molecule has 1 aliphatic rings. The molecular formula is C16H17N5O3S. The van der Waals surface area contributed by atoms with E-state index < -0.39 is 0 Å². The Kier molecular flexibility index (Phi) is 4.10. The number of aryl methyl sites for hydroxylation is 1. The van der Waals surface area contributed by atoms with Gasteiger partial charge in [-0.2, -0.15) is 4.98 Å². The molecule has 0 bridgehead atoms. The molecule has 1 amide bonds. The summed E-state index contributed by atoms with van der Waals surface area (Å²) < 4.78 is 10.4. The van der Waals surface area contributed by atoms with Gasteiger partial charge in [0.25, 0.3) is 0 Å². The van der Waals surface area contributed by atoms with E-state index in [1.165, 1.54) is 11.3 Å². The van der Waals surface area contributed by atoms with Crippen LogP contribution >= 0.6 is 11.3 Å². The van der Waals surface area contributed by atoms with Crippen molar-refractivity contribution in [1.82, 2.24) is 20.4 Å². The monoisotopic (exact) mass is 359 g/mol. The van der Waals surface area contributed by atoms with E-state index in [2.05, 4.69) is 25.8 Å². The maximum absolute atomic E-state index is 12.2. The highest BCUT2D eigenvalue weighted by Gasteiger charge is 2.42. The highest BCUT2D eigenvalue weighted by Crippen LogP contribution is 2.39. The summed E-state index contributed by atoms with van der Waals surface area (Å²) in [6.45, 7) is 1.91. The van der Waals surface area contributed by atoms with E-state index in [9.17, 15) is 4.79 Å². The van der Waals surface area contributed by atoms with Gasteiger partial charge in [0.1, 0.15) is 5.69 Å². The minimum atomic E-state index is -0.364. The highest BCUT2D eigenvalue weighted by molar-refractivity contribution is 7.14. The molecule has 25 heavy (non-hydrogen) atoms. The average Bonchev–Trinajstić information content (AvgIpc) is 3.27. The van der Waals surface area contributed by atoms with Crippen molar-refractivity contribution >= 4 is 22.4 Å². The van der Waals surface area contributed by atoms with Crippen molar-refractivity contribution in [3.05, 3.63) is 35.5 Å². The van der Waals surface area contributed by atoms with Gasteiger partial charge in [0.05, 0.1) is 18.3 Å². The van der Waals surface area contributed by atoms with Crippen molar-refractivity contribution in [3.8, 4) is 11.5 Å². The van der Waals surface area contributed by atoms with Gasteiger partial charge < -0.3 is 14.3 Å². The molecule has 0 saturated heterocycles. The van der Waals surface area contributed by atoms with Gasteiger partial charge in [0.2, 0.25) is 11.8 Å². The molecule has 9 heteroatoms. The normalized spacial score (nSPS) is 15.7. The topological polar surface area (TPSA) is 106 Å². The van der Waals surface area contributed by atoms with Gasteiger partial charge in [0, 0.05) is 12.3 Å². The van der Waals surface area contributed by atoms with Gasteiger partial charge >= 0.3 is 0 Å². The van der Waals surface area contributed by atoms with Crippen molar-refractivity contribution in [2.24, 2.45) is 0 Å². The number of furan rings is 1.